The van der Waals surface area contributed by atoms with Crippen LogP contribution in [-0.2, 0) is 0 Å². The van der Waals surface area contributed by atoms with E-state index in [2.05, 4.69) is 36.7 Å². The van der Waals surface area contributed by atoms with Gasteiger partial charge in [-0.2, -0.15) is 4.98 Å². The minimum absolute atomic E-state index is 0.366. The molecule has 26 heavy (non-hydrogen) atoms. The molecule has 0 aliphatic carbocycles. The predicted octanol–water partition coefficient (Wildman–Crippen LogP) is 4.91. The molecule has 0 aliphatic heterocycles. The molecule has 8 heteroatoms. The van der Waals surface area contributed by atoms with Gasteiger partial charge >= 0.3 is 6.03 Å². The van der Waals surface area contributed by atoms with Crippen LogP contribution in [0.3, 0.4) is 0 Å². The Bertz CT molecular complexity index is 898. The molecule has 3 aromatic rings. The third-order valence-corrected chi connectivity index (χ3v) is 4.13. The molecule has 1 heterocycles. The Morgan fingerprint density at radius 2 is 2.04 bits per heavy atom. The van der Waals surface area contributed by atoms with Crippen LogP contribution in [-0.4, -0.2) is 16.2 Å². The molecule has 0 radical (unpaired) electrons. The first kappa shape index (κ1) is 18.1. The number of benzene rings is 2. The van der Waals surface area contributed by atoms with E-state index in [0.29, 0.717) is 23.8 Å². The number of hydrogen-bond acceptors (Lipinski definition) is 4. The molecule has 1 atom stereocenters. The highest BCUT2D eigenvalue weighted by atomic mass is 79.9. The van der Waals surface area contributed by atoms with E-state index in [4.69, 9.17) is 4.52 Å². The molecular weight excluding hydrogens is 403 g/mol. The first-order valence-electron chi connectivity index (χ1n) is 7.98. The van der Waals surface area contributed by atoms with Gasteiger partial charge in [0.05, 0.1) is 6.04 Å². The smallest absolute Gasteiger partial charge is 0.319 e. The summed E-state index contributed by atoms with van der Waals surface area (Å²) in [5.74, 6) is 0.395. The quantitative estimate of drug-likeness (QED) is 0.616. The van der Waals surface area contributed by atoms with Gasteiger partial charge in [-0.1, -0.05) is 34.1 Å². The molecule has 0 saturated heterocycles. The van der Waals surface area contributed by atoms with Crippen LogP contribution in [0.25, 0.3) is 11.5 Å². The maximum atomic E-state index is 12.9. The number of nitrogens with zero attached hydrogens (tertiary/aromatic N) is 2. The lowest BCUT2D eigenvalue weighted by Crippen LogP contribution is -2.32. The number of hydrogen-bond donors (Lipinski definition) is 2. The van der Waals surface area contributed by atoms with Crippen molar-refractivity contribution in [1.82, 2.24) is 15.5 Å². The number of amides is 2. The zero-order valence-corrected chi connectivity index (χ0v) is 15.5. The van der Waals surface area contributed by atoms with E-state index < -0.39 is 12.1 Å². The Hall–Kier alpha value is -2.74. The number of carbonyl (C=O) groups is 1. The van der Waals surface area contributed by atoms with Crippen LogP contribution in [0, 0.1) is 5.82 Å². The van der Waals surface area contributed by atoms with Crippen LogP contribution in [0.5, 0.6) is 0 Å². The van der Waals surface area contributed by atoms with Gasteiger partial charge in [0, 0.05) is 15.7 Å². The number of anilines is 1. The molecule has 3 rings (SSSR count). The molecule has 2 N–H and O–H groups in total. The summed E-state index contributed by atoms with van der Waals surface area (Å²) >= 11 is 3.40. The average Bonchev–Trinajstić information content (AvgIpc) is 3.12. The Morgan fingerprint density at radius 1 is 1.27 bits per heavy atom. The number of urea groups is 1. The van der Waals surface area contributed by atoms with Crippen LogP contribution >= 0.6 is 15.9 Å². The summed E-state index contributed by atoms with van der Waals surface area (Å²) in [7, 11) is 0. The lowest BCUT2D eigenvalue weighted by atomic mass is 10.2. The largest absolute Gasteiger partial charge is 0.334 e. The van der Waals surface area contributed by atoms with E-state index in [1.165, 1.54) is 24.3 Å². The maximum Gasteiger partial charge on any atom is 0.319 e. The molecule has 1 unspecified atom stereocenters. The summed E-state index contributed by atoms with van der Waals surface area (Å²) in [6.45, 7) is 1.90. The third kappa shape index (κ3) is 4.45. The third-order valence-electron chi connectivity index (χ3n) is 3.64. The van der Waals surface area contributed by atoms with Crippen LogP contribution in [0.4, 0.5) is 14.9 Å². The summed E-state index contributed by atoms with van der Waals surface area (Å²) in [5, 5.41) is 9.40. The predicted molar refractivity (Wildman–Crippen MR) is 99.0 cm³/mol. The Balaban J connectivity index is 1.69. The fourth-order valence-electron chi connectivity index (χ4n) is 2.32. The van der Waals surface area contributed by atoms with E-state index >= 15 is 0 Å². The van der Waals surface area contributed by atoms with Crippen molar-refractivity contribution in [3.05, 3.63) is 64.6 Å². The Labute approximate surface area is 157 Å². The second kappa shape index (κ2) is 8.09. The zero-order chi connectivity index (χ0) is 18.5. The molecule has 2 aromatic carbocycles. The summed E-state index contributed by atoms with van der Waals surface area (Å²) in [4.78, 5) is 16.5. The van der Waals surface area contributed by atoms with Crippen LogP contribution in [0.1, 0.15) is 25.2 Å². The van der Waals surface area contributed by atoms with Gasteiger partial charge in [0.25, 0.3) is 5.89 Å². The van der Waals surface area contributed by atoms with Crippen molar-refractivity contribution in [3.63, 3.8) is 0 Å². The van der Waals surface area contributed by atoms with Crippen molar-refractivity contribution >= 4 is 27.6 Å². The van der Waals surface area contributed by atoms with Crippen molar-refractivity contribution < 1.29 is 13.7 Å². The van der Waals surface area contributed by atoms with E-state index in [9.17, 15) is 9.18 Å². The molecule has 0 aliphatic rings. The molecule has 2 amide bonds. The number of nitrogens with one attached hydrogen (secondary N) is 2. The van der Waals surface area contributed by atoms with Gasteiger partial charge in [-0.3, -0.25) is 0 Å². The SMILES string of the molecule is CCC(NC(=O)Nc1ccc(F)cc1)c1noc(-c2cccc(Br)c2)n1. The minimum Gasteiger partial charge on any atom is -0.334 e. The van der Waals surface area contributed by atoms with Crippen LogP contribution < -0.4 is 10.6 Å². The van der Waals surface area contributed by atoms with Crippen LogP contribution in [0.15, 0.2) is 57.5 Å². The van der Waals surface area contributed by atoms with Crippen LogP contribution in [0.2, 0.25) is 0 Å². The van der Waals surface area contributed by atoms with E-state index in [-0.39, 0.29) is 5.82 Å². The topological polar surface area (TPSA) is 80.0 Å². The standard InChI is InChI=1S/C18H16BrFN4O2/c1-2-15(22-18(25)21-14-8-6-13(20)7-9-14)16-23-17(26-24-16)11-4-3-5-12(19)10-11/h3-10,15H,2H2,1H3,(H2,21,22,25). The molecule has 6 nitrogen and oxygen atoms in total. The highest BCUT2D eigenvalue weighted by Gasteiger charge is 2.19. The van der Waals surface area contributed by atoms with Gasteiger partial charge in [-0.25, -0.2) is 9.18 Å². The zero-order valence-electron chi connectivity index (χ0n) is 13.9. The summed E-state index contributed by atoms with van der Waals surface area (Å²) < 4.78 is 19.1. The first-order valence-corrected chi connectivity index (χ1v) is 8.77. The van der Waals surface area contributed by atoms with E-state index in [1.54, 1.807) is 0 Å². The second-order valence-electron chi connectivity index (χ2n) is 5.53. The van der Waals surface area contributed by atoms with Gasteiger partial charge < -0.3 is 15.2 Å². The second-order valence-corrected chi connectivity index (χ2v) is 6.45. The number of halogens is 2. The lowest BCUT2D eigenvalue weighted by Gasteiger charge is -2.14. The maximum absolute atomic E-state index is 12.9. The minimum atomic E-state index is -0.433. The van der Waals surface area contributed by atoms with E-state index in [0.717, 1.165) is 10.0 Å². The fraction of sp³-hybridized carbons (Fsp3) is 0.167. The normalized spacial score (nSPS) is 11.8. The molecule has 0 spiro atoms. The number of aromatic nitrogens is 2. The molecule has 0 bridgehead atoms. The Kier molecular flexibility index (Phi) is 5.62. The monoisotopic (exact) mass is 418 g/mol. The molecule has 134 valence electrons. The van der Waals surface area contributed by atoms with Gasteiger partial charge in [0.1, 0.15) is 5.82 Å². The van der Waals surface area contributed by atoms with E-state index in [1.807, 2.05) is 31.2 Å². The van der Waals surface area contributed by atoms with Crippen molar-refractivity contribution in [2.24, 2.45) is 0 Å². The summed E-state index contributed by atoms with van der Waals surface area (Å²) in [5.41, 5.74) is 1.27. The molecule has 0 saturated carbocycles. The fourth-order valence-corrected chi connectivity index (χ4v) is 2.72. The summed E-state index contributed by atoms with van der Waals surface area (Å²) in [6, 6.07) is 12.2. The van der Waals surface area contributed by atoms with Crippen molar-refractivity contribution in [2.45, 2.75) is 19.4 Å². The van der Waals surface area contributed by atoms with Gasteiger partial charge in [-0.15, -0.1) is 0 Å². The lowest BCUT2D eigenvalue weighted by molar-refractivity contribution is 0.247. The molecule has 0 fully saturated rings. The molecular formula is C18H16BrFN4O2. The van der Waals surface area contributed by atoms with Gasteiger partial charge in [-0.05, 0) is 48.9 Å². The molecule has 1 aromatic heterocycles. The first-order chi connectivity index (χ1) is 12.5. The van der Waals surface area contributed by atoms with Gasteiger partial charge in [0.15, 0.2) is 5.82 Å². The van der Waals surface area contributed by atoms with Gasteiger partial charge in [0.2, 0.25) is 0 Å². The van der Waals surface area contributed by atoms with Crippen molar-refractivity contribution in [3.8, 4) is 11.5 Å². The van der Waals surface area contributed by atoms with Crippen molar-refractivity contribution in [1.29, 1.82) is 0 Å². The Morgan fingerprint density at radius 3 is 2.73 bits per heavy atom. The number of rotatable bonds is 5. The van der Waals surface area contributed by atoms with Crippen molar-refractivity contribution in [2.75, 3.05) is 5.32 Å². The highest BCUT2D eigenvalue weighted by Crippen LogP contribution is 2.23. The highest BCUT2D eigenvalue weighted by molar-refractivity contribution is 9.10. The number of carbonyl (C=O) groups excluding carboxylic acids is 1. The average molecular weight is 419 g/mol. The summed E-state index contributed by atoms with van der Waals surface area (Å²) in [6.07, 6.45) is 0.578.